The van der Waals surface area contributed by atoms with Gasteiger partial charge in [0, 0.05) is 15.2 Å². The van der Waals surface area contributed by atoms with Crippen molar-refractivity contribution in [3.05, 3.63) is 51.2 Å². The molecule has 0 atom stereocenters. The standard InChI is InChI=1S/C19H19IN4O2S/c20-14-3-5-15(6-4-14)21-19(25)13-7-9-24(10-8-13)12-17-22-18(23-26-17)16-2-1-11-27-16/h1-6,11,13H,7-10,12H2,(H,21,25). The molecule has 1 aromatic carbocycles. The van der Waals surface area contributed by atoms with E-state index in [9.17, 15) is 4.79 Å². The summed E-state index contributed by atoms with van der Waals surface area (Å²) < 4.78 is 6.53. The maximum Gasteiger partial charge on any atom is 0.241 e. The third kappa shape index (κ3) is 4.74. The molecule has 0 saturated carbocycles. The van der Waals surface area contributed by atoms with Crippen LogP contribution in [0.4, 0.5) is 5.69 Å². The maximum absolute atomic E-state index is 12.5. The Morgan fingerprint density at radius 1 is 1.26 bits per heavy atom. The highest BCUT2D eigenvalue weighted by atomic mass is 127. The van der Waals surface area contributed by atoms with Crippen LogP contribution in [0.2, 0.25) is 0 Å². The van der Waals surface area contributed by atoms with E-state index < -0.39 is 0 Å². The van der Waals surface area contributed by atoms with E-state index in [0.717, 1.165) is 40.1 Å². The van der Waals surface area contributed by atoms with E-state index in [1.165, 1.54) is 0 Å². The number of nitrogens with zero attached hydrogens (tertiary/aromatic N) is 3. The number of likely N-dealkylation sites (tertiary alicyclic amines) is 1. The second-order valence-corrected chi connectivity index (χ2v) is 8.73. The number of carbonyl (C=O) groups is 1. The van der Waals surface area contributed by atoms with Crippen LogP contribution >= 0.6 is 33.9 Å². The van der Waals surface area contributed by atoms with Gasteiger partial charge in [0.25, 0.3) is 0 Å². The van der Waals surface area contributed by atoms with Crippen molar-refractivity contribution in [2.75, 3.05) is 18.4 Å². The Labute approximate surface area is 175 Å². The number of hydrogen-bond donors (Lipinski definition) is 1. The van der Waals surface area contributed by atoms with Crippen LogP contribution in [0.25, 0.3) is 10.7 Å². The largest absolute Gasteiger partial charge is 0.338 e. The molecule has 1 aliphatic rings. The third-order valence-electron chi connectivity index (χ3n) is 4.64. The molecule has 0 radical (unpaired) electrons. The lowest BCUT2D eigenvalue weighted by molar-refractivity contribution is -0.121. The summed E-state index contributed by atoms with van der Waals surface area (Å²) in [7, 11) is 0. The number of carbonyl (C=O) groups excluding carboxylic acids is 1. The van der Waals surface area contributed by atoms with E-state index in [1.807, 2.05) is 41.8 Å². The van der Waals surface area contributed by atoms with Crippen LogP contribution in [0, 0.1) is 9.49 Å². The number of benzene rings is 1. The van der Waals surface area contributed by atoms with Crippen molar-refractivity contribution in [1.29, 1.82) is 0 Å². The highest BCUT2D eigenvalue weighted by Crippen LogP contribution is 2.24. The zero-order chi connectivity index (χ0) is 18.6. The number of nitrogens with one attached hydrogen (secondary N) is 1. The van der Waals surface area contributed by atoms with Gasteiger partial charge in [-0.15, -0.1) is 11.3 Å². The van der Waals surface area contributed by atoms with Crippen LogP contribution in [0.1, 0.15) is 18.7 Å². The fourth-order valence-corrected chi connectivity index (χ4v) is 4.16. The molecule has 3 heterocycles. The van der Waals surface area contributed by atoms with Crippen molar-refractivity contribution in [2.45, 2.75) is 19.4 Å². The lowest BCUT2D eigenvalue weighted by atomic mass is 9.96. The first-order chi connectivity index (χ1) is 13.2. The Balaban J connectivity index is 1.27. The Morgan fingerprint density at radius 3 is 2.74 bits per heavy atom. The summed E-state index contributed by atoms with van der Waals surface area (Å²) in [6.45, 7) is 2.33. The number of thiophene rings is 1. The monoisotopic (exact) mass is 494 g/mol. The molecule has 0 bridgehead atoms. The molecule has 27 heavy (non-hydrogen) atoms. The molecule has 8 heteroatoms. The van der Waals surface area contributed by atoms with Gasteiger partial charge >= 0.3 is 0 Å². The number of rotatable bonds is 5. The average Bonchev–Trinajstić information content (AvgIpc) is 3.36. The predicted octanol–water partition coefficient (Wildman–Crippen LogP) is 4.25. The summed E-state index contributed by atoms with van der Waals surface area (Å²) in [6, 6.07) is 11.8. The van der Waals surface area contributed by atoms with Gasteiger partial charge in [0.15, 0.2) is 0 Å². The first-order valence-corrected chi connectivity index (χ1v) is 10.8. The minimum atomic E-state index is 0.0462. The molecular formula is C19H19IN4O2S. The Hall–Kier alpha value is -1.78. The summed E-state index contributed by atoms with van der Waals surface area (Å²) in [5, 5.41) is 9.07. The fraction of sp³-hybridized carbons (Fsp3) is 0.316. The summed E-state index contributed by atoms with van der Waals surface area (Å²) in [6.07, 6.45) is 1.67. The zero-order valence-electron chi connectivity index (χ0n) is 14.6. The summed E-state index contributed by atoms with van der Waals surface area (Å²) in [4.78, 5) is 20.2. The van der Waals surface area contributed by atoms with Gasteiger partial charge in [-0.2, -0.15) is 4.98 Å². The van der Waals surface area contributed by atoms with Crippen molar-refractivity contribution in [1.82, 2.24) is 15.0 Å². The van der Waals surface area contributed by atoms with Crippen LogP contribution in [-0.4, -0.2) is 34.0 Å². The van der Waals surface area contributed by atoms with Gasteiger partial charge in [-0.25, -0.2) is 0 Å². The van der Waals surface area contributed by atoms with Gasteiger partial charge in [-0.3, -0.25) is 9.69 Å². The molecule has 1 aliphatic heterocycles. The number of anilines is 1. The Morgan fingerprint density at radius 2 is 2.04 bits per heavy atom. The summed E-state index contributed by atoms with van der Waals surface area (Å²) in [5.74, 6) is 1.42. The van der Waals surface area contributed by atoms with Crippen molar-refractivity contribution >= 4 is 45.5 Å². The van der Waals surface area contributed by atoms with Crippen molar-refractivity contribution < 1.29 is 9.32 Å². The average molecular weight is 494 g/mol. The van der Waals surface area contributed by atoms with Crippen LogP contribution in [-0.2, 0) is 11.3 Å². The van der Waals surface area contributed by atoms with E-state index >= 15 is 0 Å². The number of piperidine rings is 1. The Kier molecular flexibility index (Phi) is 5.84. The summed E-state index contributed by atoms with van der Waals surface area (Å²) in [5.41, 5.74) is 0.856. The molecule has 1 saturated heterocycles. The topological polar surface area (TPSA) is 71.3 Å². The lowest BCUT2D eigenvalue weighted by Gasteiger charge is -2.30. The van der Waals surface area contributed by atoms with Gasteiger partial charge < -0.3 is 9.84 Å². The van der Waals surface area contributed by atoms with Gasteiger partial charge in [0.05, 0.1) is 11.4 Å². The van der Waals surface area contributed by atoms with E-state index in [1.54, 1.807) is 11.3 Å². The molecule has 4 rings (SSSR count). The number of amides is 1. The summed E-state index contributed by atoms with van der Waals surface area (Å²) >= 11 is 3.85. The van der Waals surface area contributed by atoms with Gasteiger partial charge in [-0.05, 0) is 84.2 Å². The molecule has 6 nitrogen and oxygen atoms in total. The minimum Gasteiger partial charge on any atom is -0.338 e. The second-order valence-electron chi connectivity index (χ2n) is 6.54. The molecule has 2 aromatic heterocycles. The molecular weight excluding hydrogens is 475 g/mol. The van der Waals surface area contributed by atoms with Gasteiger partial charge in [0.2, 0.25) is 17.6 Å². The first kappa shape index (κ1) is 18.6. The number of halogens is 1. The fourth-order valence-electron chi connectivity index (χ4n) is 3.15. The third-order valence-corrected chi connectivity index (χ3v) is 6.22. The predicted molar refractivity (Wildman–Crippen MR) is 113 cm³/mol. The van der Waals surface area contributed by atoms with Gasteiger partial charge in [0.1, 0.15) is 0 Å². The van der Waals surface area contributed by atoms with E-state index in [0.29, 0.717) is 18.3 Å². The molecule has 1 fully saturated rings. The molecule has 0 spiro atoms. The smallest absolute Gasteiger partial charge is 0.241 e. The first-order valence-electron chi connectivity index (χ1n) is 8.82. The number of aromatic nitrogens is 2. The highest BCUT2D eigenvalue weighted by Gasteiger charge is 2.26. The SMILES string of the molecule is O=C(Nc1ccc(I)cc1)C1CCN(Cc2nc(-c3cccs3)no2)CC1. The van der Waals surface area contributed by atoms with Crippen molar-refractivity contribution in [2.24, 2.45) is 5.92 Å². The quantitative estimate of drug-likeness (QED) is 0.537. The molecule has 140 valence electrons. The van der Waals surface area contributed by atoms with E-state index in [4.69, 9.17) is 4.52 Å². The van der Waals surface area contributed by atoms with Crippen molar-refractivity contribution in [3.8, 4) is 10.7 Å². The number of hydrogen-bond acceptors (Lipinski definition) is 6. The molecule has 3 aromatic rings. The minimum absolute atomic E-state index is 0.0462. The molecule has 1 N–H and O–H groups in total. The maximum atomic E-state index is 12.5. The highest BCUT2D eigenvalue weighted by molar-refractivity contribution is 14.1. The van der Waals surface area contributed by atoms with E-state index in [-0.39, 0.29) is 11.8 Å². The molecule has 0 aliphatic carbocycles. The van der Waals surface area contributed by atoms with Gasteiger partial charge in [-0.1, -0.05) is 11.2 Å². The van der Waals surface area contributed by atoms with E-state index in [2.05, 4.69) is 42.9 Å². The van der Waals surface area contributed by atoms with Crippen LogP contribution in [0.15, 0.2) is 46.3 Å². The Bertz CT molecular complexity index is 887. The van der Waals surface area contributed by atoms with Crippen LogP contribution in [0.3, 0.4) is 0 Å². The van der Waals surface area contributed by atoms with Crippen LogP contribution < -0.4 is 5.32 Å². The van der Waals surface area contributed by atoms with Crippen LogP contribution in [0.5, 0.6) is 0 Å². The molecule has 1 amide bonds. The molecule has 0 unspecified atom stereocenters. The second kappa shape index (κ2) is 8.49. The van der Waals surface area contributed by atoms with Crippen molar-refractivity contribution in [3.63, 3.8) is 0 Å². The normalized spacial score (nSPS) is 15.7. The lowest BCUT2D eigenvalue weighted by Crippen LogP contribution is -2.37. The zero-order valence-corrected chi connectivity index (χ0v) is 17.6.